The molecule has 0 fully saturated rings. The largest absolute Gasteiger partial charge is 0.310 e. The summed E-state index contributed by atoms with van der Waals surface area (Å²) in [5.41, 5.74) is 1.91. The molecule has 0 saturated carbocycles. The highest BCUT2D eigenvalue weighted by Crippen LogP contribution is 2.12. The van der Waals surface area contributed by atoms with Gasteiger partial charge in [0, 0.05) is 17.5 Å². The van der Waals surface area contributed by atoms with E-state index in [-0.39, 0.29) is 6.04 Å². The van der Waals surface area contributed by atoms with E-state index in [1.807, 2.05) is 36.4 Å². The van der Waals surface area contributed by atoms with Crippen LogP contribution in [-0.4, -0.2) is 24.4 Å². The Kier molecular flexibility index (Phi) is 3.27. The molecule has 0 radical (unpaired) electrons. The van der Waals surface area contributed by atoms with Gasteiger partial charge in [0.25, 0.3) is 0 Å². The summed E-state index contributed by atoms with van der Waals surface area (Å²) in [6.07, 6.45) is 1.54. The molecule has 0 saturated heterocycles. The van der Waals surface area contributed by atoms with Crippen molar-refractivity contribution in [3.05, 3.63) is 42.1 Å². The van der Waals surface area contributed by atoms with Crippen molar-refractivity contribution in [2.45, 2.75) is 12.5 Å². The van der Waals surface area contributed by atoms with E-state index in [9.17, 15) is 4.79 Å². The van der Waals surface area contributed by atoms with Gasteiger partial charge in [-0.2, -0.15) is 0 Å². The van der Waals surface area contributed by atoms with Gasteiger partial charge < -0.3 is 10.1 Å². The van der Waals surface area contributed by atoms with Gasteiger partial charge in [-0.05, 0) is 19.2 Å². The number of hydrogen-bond acceptors (Lipinski definition) is 3. The zero-order chi connectivity index (χ0) is 11.4. The molecule has 0 aliphatic carbocycles. The third-order valence-electron chi connectivity index (χ3n) is 2.62. The Labute approximate surface area is 94.5 Å². The molecule has 16 heavy (non-hydrogen) atoms. The quantitative estimate of drug-likeness (QED) is 0.785. The first-order valence-corrected chi connectivity index (χ1v) is 5.30. The van der Waals surface area contributed by atoms with Crippen LogP contribution in [0.2, 0.25) is 0 Å². The number of nitrogens with zero attached hydrogens (tertiary/aromatic N) is 1. The maximum atomic E-state index is 10.7. The Hall–Kier alpha value is -1.74. The van der Waals surface area contributed by atoms with Crippen molar-refractivity contribution in [1.82, 2.24) is 10.3 Å². The lowest BCUT2D eigenvalue weighted by Gasteiger charge is -2.08. The number of para-hydroxylation sites is 1. The zero-order valence-electron chi connectivity index (χ0n) is 9.18. The molecular formula is C13H14N2O. The predicted molar refractivity (Wildman–Crippen MR) is 64.4 cm³/mol. The van der Waals surface area contributed by atoms with Gasteiger partial charge in [0.15, 0.2) is 0 Å². The van der Waals surface area contributed by atoms with Crippen molar-refractivity contribution >= 4 is 17.2 Å². The number of likely N-dealkylation sites (N-methyl/N-ethyl adjacent to an activating group) is 1. The van der Waals surface area contributed by atoms with Crippen molar-refractivity contribution in [3.8, 4) is 0 Å². The number of aromatic nitrogens is 1. The molecule has 1 unspecified atom stereocenters. The van der Waals surface area contributed by atoms with Crippen molar-refractivity contribution in [2.24, 2.45) is 0 Å². The molecule has 0 bridgehead atoms. The van der Waals surface area contributed by atoms with Crippen LogP contribution in [0.15, 0.2) is 36.4 Å². The van der Waals surface area contributed by atoms with Crippen LogP contribution in [0.25, 0.3) is 10.9 Å². The number of hydrogen-bond donors (Lipinski definition) is 1. The molecule has 1 atom stereocenters. The smallest absolute Gasteiger partial charge is 0.137 e. The SMILES string of the molecule is CNC(C=O)Cc1ccc2ccccc2n1. The molecule has 82 valence electrons. The summed E-state index contributed by atoms with van der Waals surface area (Å²) in [4.78, 5) is 15.2. The molecule has 1 aromatic heterocycles. The number of fused-ring (bicyclic) bond motifs is 1. The fraction of sp³-hybridized carbons (Fsp3) is 0.231. The summed E-state index contributed by atoms with van der Waals surface area (Å²) in [7, 11) is 1.78. The molecule has 1 N–H and O–H groups in total. The minimum Gasteiger partial charge on any atom is -0.310 e. The highest BCUT2D eigenvalue weighted by atomic mass is 16.1. The van der Waals surface area contributed by atoms with Crippen LogP contribution in [-0.2, 0) is 11.2 Å². The summed E-state index contributed by atoms with van der Waals surface area (Å²) in [6.45, 7) is 0. The van der Waals surface area contributed by atoms with Crippen LogP contribution in [0.3, 0.4) is 0 Å². The standard InChI is InChI=1S/C13H14N2O/c1-14-12(9-16)8-11-7-6-10-4-2-3-5-13(10)15-11/h2-7,9,12,14H,8H2,1H3. The van der Waals surface area contributed by atoms with E-state index in [1.54, 1.807) is 7.05 Å². The van der Waals surface area contributed by atoms with Crippen molar-refractivity contribution in [3.63, 3.8) is 0 Å². The van der Waals surface area contributed by atoms with Gasteiger partial charge >= 0.3 is 0 Å². The molecule has 3 nitrogen and oxygen atoms in total. The zero-order valence-corrected chi connectivity index (χ0v) is 9.18. The number of carbonyl (C=O) groups excluding carboxylic acids is 1. The molecule has 0 aliphatic rings. The number of aldehydes is 1. The van der Waals surface area contributed by atoms with Gasteiger partial charge in [-0.1, -0.05) is 24.3 Å². The van der Waals surface area contributed by atoms with Crippen molar-refractivity contribution in [2.75, 3.05) is 7.05 Å². The summed E-state index contributed by atoms with van der Waals surface area (Å²) in [5.74, 6) is 0. The topological polar surface area (TPSA) is 42.0 Å². The normalized spacial score (nSPS) is 12.6. The van der Waals surface area contributed by atoms with Crippen LogP contribution in [0.1, 0.15) is 5.69 Å². The van der Waals surface area contributed by atoms with E-state index < -0.39 is 0 Å². The van der Waals surface area contributed by atoms with Crippen LogP contribution >= 0.6 is 0 Å². The number of benzene rings is 1. The highest BCUT2D eigenvalue weighted by Gasteiger charge is 2.06. The maximum absolute atomic E-state index is 10.7. The summed E-state index contributed by atoms with van der Waals surface area (Å²) >= 11 is 0. The van der Waals surface area contributed by atoms with E-state index in [0.717, 1.165) is 22.9 Å². The predicted octanol–water partition coefficient (Wildman–Crippen LogP) is 1.56. The molecule has 1 aromatic carbocycles. The third-order valence-corrected chi connectivity index (χ3v) is 2.62. The lowest BCUT2D eigenvalue weighted by molar-refractivity contribution is -0.109. The second-order valence-electron chi connectivity index (χ2n) is 3.73. The molecule has 3 heteroatoms. The number of carbonyl (C=O) groups is 1. The molecular weight excluding hydrogens is 200 g/mol. The van der Waals surface area contributed by atoms with Crippen LogP contribution in [0, 0.1) is 0 Å². The summed E-state index contributed by atoms with van der Waals surface area (Å²) in [6, 6.07) is 11.8. The van der Waals surface area contributed by atoms with Crippen molar-refractivity contribution < 1.29 is 4.79 Å². The lowest BCUT2D eigenvalue weighted by atomic mass is 10.1. The average molecular weight is 214 g/mol. The summed E-state index contributed by atoms with van der Waals surface area (Å²) in [5, 5.41) is 4.06. The van der Waals surface area contributed by atoms with Crippen molar-refractivity contribution in [1.29, 1.82) is 0 Å². The Balaban J connectivity index is 2.28. The number of pyridine rings is 1. The van der Waals surface area contributed by atoms with E-state index in [0.29, 0.717) is 6.42 Å². The minimum atomic E-state index is -0.159. The minimum absolute atomic E-state index is 0.159. The van der Waals surface area contributed by atoms with Crippen LogP contribution < -0.4 is 5.32 Å². The molecule has 0 spiro atoms. The molecule has 0 aliphatic heterocycles. The first-order valence-electron chi connectivity index (χ1n) is 5.30. The van der Waals surface area contributed by atoms with Crippen LogP contribution in [0.4, 0.5) is 0 Å². The Morgan fingerprint density at radius 2 is 2.12 bits per heavy atom. The van der Waals surface area contributed by atoms with Gasteiger partial charge in [-0.15, -0.1) is 0 Å². The highest BCUT2D eigenvalue weighted by molar-refractivity contribution is 5.78. The molecule has 2 rings (SSSR count). The third kappa shape index (κ3) is 2.25. The monoisotopic (exact) mass is 214 g/mol. The maximum Gasteiger partial charge on any atom is 0.137 e. The van der Waals surface area contributed by atoms with Gasteiger partial charge in [0.05, 0.1) is 11.6 Å². The molecule has 1 heterocycles. The van der Waals surface area contributed by atoms with Gasteiger partial charge in [0.1, 0.15) is 6.29 Å². The van der Waals surface area contributed by atoms with Gasteiger partial charge in [0.2, 0.25) is 0 Å². The fourth-order valence-corrected chi connectivity index (χ4v) is 1.67. The van der Waals surface area contributed by atoms with E-state index in [1.165, 1.54) is 0 Å². The van der Waals surface area contributed by atoms with Gasteiger partial charge in [-0.25, -0.2) is 0 Å². The second-order valence-corrected chi connectivity index (χ2v) is 3.73. The second kappa shape index (κ2) is 4.86. The molecule has 0 amide bonds. The first-order chi connectivity index (χ1) is 7.83. The van der Waals surface area contributed by atoms with E-state index >= 15 is 0 Å². The fourth-order valence-electron chi connectivity index (χ4n) is 1.67. The number of nitrogens with one attached hydrogen (secondary N) is 1. The van der Waals surface area contributed by atoms with Crippen LogP contribution in [0.5, 0.6) is 0 Å². The Morgan fingerprint density at radius 1 is 1.31 bits per heavy atom. The Morgan fingerprint density at radius 3 is 2.88 bits per heavy atom. The average Bonchev–Trinajstić information content (AvgIpc) is 2.35. The first kappa shape index (κ1) is 10.8. The van der Waals surface area contributed by atoms with Gasteiger partial charge in [-0.3, -0.25) is 4.98 Å². The molecule has 2 aromatic rings. The Bertz CT molecular complexity index is 496. The van der Waals surface area contributed by atoms with E-state index in [2.05, 4.69) is 10.3 Å². The number of rotatable bonds is 4. The lowest BCUT2D eigenvalue weighted by Crippen LogP contribution is -2.29. The summed E-state index contributed by atoms with van der Waals surface area (Å²) < 4.78 is 0. The van der Waals surface area contributed by atoms with E-state index in [4.69, 9.17) is 0 Å².